The summed E-state index contributed by atoms with van der Waals surface area (Å²) in [6, 6.07) is 7.73. The first-order valence-electron chi connectivity index (χ1n) is 9.26. The van der Waals surface area contributed by atoms with Gasteiger partial charge in [0.25, 0.3) is 0 Å². The molecule has 0 radical (unpaired) electrons. The van der Waals surface area contributed by atoms with Gasteiger partial charge in [0.15, 0.2) is 0 Å². The van der Waals surface area contributed by atoms with Gasteiger partial charge in [0.1, 0.15) is 11.1 Å². The minimum absolute atomic E-state index is 0.0580. The number of amides is 3. The number of benzene rings is 1. The van der Waals surface area contributed by atoms with Gasteiger partial charge in [-0.3, -0.25) is 4.79 Å². The molecule has 6 nitrogen and oxygen atoms in total. The molecule has 2 rings (SSSR count). The number of carbonyl (C=O) groups excluding carboxylic acids is 2. The fourth-order valence-electron chi connectivity index (χ4n) is 3.01. The van der Waals surface area contributed by atoms with Crippen molar-refractivity contribution in [3.8, 4) is 5.75 Å². The summed E-state index contributed by atoms with van der Waals surface area (Å²) in [6.45, 7) is 9.00. The number of carbonyl (C=O) groups is 2. The van der Waals surface area contributed by atoms with E-state index in [1.165, 1.54) is 0 Å². The highest BCUT2D eigenvalue weighted by Crippen LogP contribution is 2.45. The third-order valence-corrected chi connectivity index (χ3v) is 5.75. The first kappa shape index (κ1) is 21.4. The van der Waals surface area contributed by atoms with Crippen LogP contribution in [0.1, 0.15) is 45.1 Å². The molecule has 1 heterocycles. The number of urea groups is 1. The number of hydrogen-bond donors (Lipinski definition) is 1. The lowest BCUT2D eigenvalue weighted by Gasteiger charge is -2.28. The van der Waals surface area contributed by atoms with E-state index >= 15 is 0 Å². The third-order valence-electron chi connectivity index (χ3n) is 4.37. The summed E-state index contributed by atoms with van der Waals surface area (Å²) in [7, 11) is 3.43. The number of nitrogens with one attached hydrogen (secondary N) is 1. The maximum Gasteiger partial charge on any atom is 0.317 e. The Bertz CT molecular complexity index is 675. The molecule has 1 aromatic carbocycles. The number of para-hydroxylation sites is 1. The Morgan fingerprint density at radius 3 is 2.63 bits per heavy atom. The number of methoxy groups -OCH3 is 1. The van der Waals surface area contributed by atoms with E-state index in [0.29, 0.717) is 13.1 Å². The first-order chi connectivity index (χ1) is 12.6. The van der Waals surface area contributed by atoms with Gasteiger partial charge in [-0.15, -0.1) is 11.8 Å². The highest BCUT2D eigenvalue weighted by Gasteiger charge is 2.39. The molecule has 0 unspecified atom stereocenters. The SMILES string of the molecule is COc1ccccc1[C@@H]1S[C@@H](C)C(=O)N1CCCN(C)C(=O)NC(C)(C)C. The zero-order valence-electron chi connectivity index (χ0n) is 17.1. The molecule has 0 bridgehead atoms. The molecule has 0 saturated carbocycles. The number of rotatable bonds is 6. The molecule has 1 fully saturated rings. The number of hydrogen-bond acceptors (Lipinski definition) is 4. The van der Waals surface area contributed by atoms with E-state index in [2.05, 4.69) is 5.32 Å². The number of nitrogens with zero attached hydrogens (tertiary/aromatic N) is 2. The minimum Gasteiger partial charge on any atom is -0.496 e. The van der Waals surface area contributed by atoms with Gasteiger partial charge in [0.05, 0.1) is 12.4 Å². The quantitative estimate of drug-likeness (QED) is 0.804. The molecule has 1 saturated heterocycles. The molecule has 1 aromatic rings. The van der Waals surface area contributed by atoms with Crippen molar-refractivity contribution in [2.24, 2.45) is 0 Å². The molecule has 27 heavy (non-hydrogen) atoms. The Kier molecular flexibility index (Phi) is 7.03. The van der Waals surface area contributed by atoms with Crippen LogP contribution < -0.4 is 10.1 Å². The van der Waals surface area contributed by atoms with Crippen molar-refractivity contribution < 1.29 is 14.3 Å². The molecule has 7 heteroatoms. The normalized spacial score (nSPS) is 19.9. The van der Waals surface area contributed by atoms with Gasteiger partial charge in [-0.05, 0) is 40.2 Å². The van der Waals surface area contributed by atoms with Gasteiger partial charge in [-0.25, -0.2) is 4.79 Å². The highest BCUT2D eigenvalue weighted by molar-refractivity contribution is 8.01. The van der Waals surface area contributed by atoms with E-state index in [9.17, 15) is 9.59 Å². The summed E-state index contributed by atoms with van der Waals surface area (Å²) in [6.07, 6.45) is 0.721. The van der Waals surface area contributed by atoms with Crippen LogP contribution in [0, 0.1) is 0 Å². The largest absolute Gasteiger partial charge is 0.496 e. The van der Waals surface area contributed by atoms with Gasteiger partial charge in [-0.1, -0.05) is 18.2 Å². The van der Waals surface area contributed by atoms with Crippen LogP contribution >= 0.6 is 11.8 Å². The van der Waals surface area contributed by atoms with Crippen LogP contribution in [0.2, 0.25) is 0 Å². The van der Waals surface area contributed by atoms with Crippen LogP contribution in [0.4, 0.5) is 4.79 Å². The average molecular weight is 394 g/mol. The van der Waals surface area contributed by atoms with Crippen LogP contribution in [0.15, 0.2) is 24.3 Å². The van der Waals surface area contributed by atoms with E-state index < -0.39 is 0 Å². The van der Waals surface area contributed by atoms with Crippen molar-refractivity contribution in [2.75, 3.05) is 27.2 Å². The van der Waals surface area contributed by atoms with Crippen molar-refractivity contribution in [1.82, 2.24) is 15.1 Å². The maximum absolute atomic E-state index is 12.7. The smallest absolute Gasteiger partial charge is 0.317 e. The van der Waals surface area contributed by atoms with Gasteiger partial charge in [-0.2, -0.15) is 0 Å². The maximum atomic E-state index is 12.7. The summed E-state index contributed by atoms with van der Waals surface area (Å²) < 4.78 is 5.48. The van der Waals surface area contributed by atoms with Crippen molar-refractivity contribution in [3.63, 3.8) is 0 Å². The first-order valence-corrected chi connectivity index (χ1v) is 10.2. The van der Waals surface area contributed by atoms with Crippen LogP contribution in [0.3, 0.4) is 0 Å². The summed E-state index contributed by atoms with van der Waals surface area (Å²) in [5.74, 6) is 0.932. The molecule has 1 N–H and O–H groups in total. The third kappa shape index (κ3) is 5.54. The molecular formula is C20H31N3O3S. The van der Waals surface area contributed by atoms with Crippen molar-refractivity contribution in [1.29, 1.82) is 0 Å². The minimum atomic E-state index is -0.267. The molecule has 0 aromatic heterocycles. The summed E-state index contributed by atoms with van der Waals surface area (Å²) in [5.41, 5.74) is 0.749. The zero-order chi connectivity index (χ0) is 20.2. The monoisotopic (exact) mass is 393 g/mol. The van der Waals surface area contributed by atoms with Crippen LogP contribution in [-0.2, 0) is 4.79 Å². The molecule has 0 spiro atoms. The Balaban J connectivity index is 2.01. The van der Waals surface area contributed by atoms with Gasteiger partial charge in [0, 0.05) is 31.2 Å². The van der Waals surface area contributed by atoms with E-state index in [1.807, 2.05) is 56.9 Å². The lowest BCUT2D eigenvalue weighted by molar-refractivity contribution is -0.129. The summed E-state index contributed by atoms with van der Waals surface area (Å²) >= 11 is 1.64. The summed E-state index contributed by atoms with van der Waals surface area (Å²) in [4.78, 5) is 28.4. The van der Waals surface area contributed by atoms with Gasteiger partial charge in [0.2, 0.25) is 5.91 Å². The zero-order valence-corrected chi connectivity index (χ0v) is 17.9. The second-order valence-electron chi connectivity index (χ2n) is 7.86. The molecule has 150 valence electrons. The average Bonchev–Trinajstić information content (AvgIpc) is 2.88. The lowest BCUT2D eigenvalue weighted by atomic mass is 10.1. The van der Waals surface area contributed by atoms with Crippen molar-refractivity contribution in [3.05, 3.63) is 29.8 Å². The Morgan fingerprint density at radius 2 is 2.00 bits per heavy atom. The summed E-state index contributed by atoms with van der Waals surface area (Å²) in [5, 5.41) is 2.81. The topological polar surface area (TPSA) is 61.9 Å². The van der Waals surface area contributed by atoms with E-state index in [0.717, 1.165) is 17.7 Å². The molecule has 1 aliphatic heterocycles. The molecule has 0 aliphatic carbocycles. The van der Waals surface area contributed by atoms with Gasteiger partial charge >= 0.3 is 6.03 Å². The number of ether oxygens (including phenoxy) is 1. The fourth-order valence-corrected chi connectivity index (χ4v) is 4.35. The molecule has 2 atom stereocenters. The van der Waals surface area contributed by atoms with Crippen LogP contribution in [0.5, 0.6) is 5.75 Å². The Labute approximate surface area is 166 Å². The Morgan fingerprint density at radius 1 is 1.33 bits per heavy atom. The van der Waals surface area contributed by atoms with Gasteiger partial charge < -0.3 is 19.9 Å². The van der Waals surface area contributed by atoms with E-state index in [4.69, 9.17) is 4.74 Å². The number of thioether (sulfide) groups is 1. The van der Waals surface area contributed by atoms with Crippen LogP contribution in [0.25, 0.3) is 0 Å². The standard InChI is InChI=1S/C20H31N3O3S/c1-14-17(24)23(13-9-12-22(5)19(25)21-20(2,3)4)18(27-14)15-10-7-8-11-16(15)26-6/h7-8,10-11,14,18H,9,12-13H2,1-6H3,(H,21,25)/t14-,18-/m0/s1. The molecule has 3 amide bonds. The van der Waals surface area contributed by atoms with Crippen molar-refractivity contribution in [2.45, 2.75) is 50.3 Å². The Hall–Kier alpha value is -1.89. The second-order valence-corrected chi connectivity index (χ2v) is 9.29. The second kappa shape index (κ2) is 8.87. The van der Waals surface area contributed by atoms with E-state index in [1.54, 1.807) is 30.8 Å². The van der Waals surface area contributed by atoms with Crippen molar-refractivity contribution >= 4 is 23.7 Å². The fraction of sp³-hybridized carbons (Fsp3) is 0.600. The molecular weight excluding hydrogens is 362 g/mol. The lowest BCUT2D eigenvalue weighted by Crippen LogP contribution is -2.47. The molecule has 1 aliphatic rings. The predicted octanol–water partition coefficient (Wildman–Crippen LogP) is 3.49. The highest BCUT2D eigenvalue weighted by atomic mass is 32.2. The predicted molar refractivity (Wildman–Crippen MR) is 110 cm³/mol. The van der Waals surface area contributed by atoms with Crippen LogP contribution in [-0.4, -0.2) is 59.8 Å². The van der Waals surface area contributed by atoms with E-state index in [-0.39, 0.29) is 28.1 Å².